The van der Waals surface area contributed by atoms with Crippen LogP contribution in [0.25, 0.3) is 0 Å². The van der Waals surface area contributed by atoms with E-state index in [2.05, 4.69) is 26.8 Å². The van der Waals surface area contributed by atoms with E-state index in [0.29, 0.717) is 17.5 Å². The van der Waals surface area contributed by atoms with Gasteiger partial charge in [0.05, 0.1) is 13.3 Å². The predicted octanol–water partition coefficient (Wildman–Crippen LogP) is -0.181. The van der Waals surface area contributed by atoms with Gasteiger partial charge in [0.2, 0.25) is 11.8 Å². The maximum Gasteiger partial charge on any atom is 0.241 e. The van der Waals surface area contributed by atoms with E-state index in [1.54, 1.807) is 13.3 Å². The molecule has 6 nitrogen and oxygen atoms in total. The minimum absolute atomic E-state index is 0.448. The lowest BCUT2D eigenvalue weighted by Crippen LogP contribution is -2.45. The molecule has 0 atom stereocenters. The van der Waals surface area contributed by atoms with Crippen LogP contribution in [0.2, 0.25) is 0 Å². The molecule has 1 aliphatic heterocycles. The number of nitrogen functional groups attached to an aromatic ring is 1. The van der Waals surface area contributed by atoms with Crippen LogP contribution in [0.15, 0.2) is 6.20 Å². The standard InChI is InChI=1S/C10H17N5O/c1-14-3-5-15(6-4-14)10-12-7-8(11)9(13-10)16-2/h7H,3-6,11H2,1-2H3. The Kier molecular flexibility index (Phi) is 3.09. The number of nitrogens with zero attached hydrogens (tertiary/aromatic N) is 4. The summed E-state index contributed by atoms with van der Waals surface area (Å²) in [5, 5.41) is 0. The van der Waals surface area contributed by atoms with Gasteiger partial charge < -0.3 is 20.3 Å². The maximum absolute atomic E-state index is 5.67. The normalized spacial score (nSPS) is 17.5. The average Bonchev–Trinajstić information content (AvgIpc) is 2.31. The third-order valence-corrected chi connectivity index (χ3v) is 2.75. The molecule has 16 heavy (non-hydrogen) atoms. The number of likely N-dealkylation sites (N-methyl/N-ethyl adjacent to an activating group) is 1. The van der Waals surface area contributed by atoms with E-state index in [1.807, 2.05) is 0 Å². The molecule has 0 aromatic carbocycles. The first-order valence-corrected chi connectivity index (χ1v) is 5.30. The van der Waals surface area contributed by atoms with Gasteiger partial charge in [0.25, 0.3) is 0 Å². The second-order valence-corrected chi connectivity index (χ2v) is 3.92. The third kappa shape index (κ3) is 2.16. The minimum atomic E-state index is 0.448. The van der Waals surface area contributed by atoms with Crippen molar-refractivity contribution in [2.45, 2.75) is 0 Å². The summed E-state index contributed by atoms with van der Waals surface area (Å²) >= 11 is 0. The van der Waals surface area contributed by atoms with Crippen molar-refractivity contribution in [2.24, 2.45) is 0 Å². The van der Waals surface area contributed by atoms with Gasteiger partial charge >= 0.3 is 0 Å². The monoisotopic (exact) mass is 223 g/mol. The molecule has 1 fully saturated rings. The number of methoxy groups -OCH3 is 1. The molecule has 88 valence electrons. The van der Waals surface area contributed by atoms with Crippen molar-refractivity contribution in [2.75, 3.05) is 51.0 Å². The van der Waals surface area contributed by atoms with Crippen molar-refractivity contribution in [1.82, 2.24) is 14.9 Å². The van der Waals surface area contributed by atoms with E-state index >= 15 is 0 Å². The molecule has 2 rings (SSSR count). The van der Waals surface area contributed by atoms with E-state index in [-0.39, 0.29) is 0 Å². The molecule has 0 radical (unpaired) electrons. The number of piperazine rings is 1. The van der Waals surface area contributed by atoms with Crippen molar-refractivity contribution < 1.29 is 4.74 Å². The van der Waals surface area contributed by atoms with Crippen LogP contribution in [-0.4, -0.2) is 55.2 Å². The molecule has 1 aliphatic rings. The van der Waals surface area contributed by atoms with Gasteiger partial charge in [-0.15, -0.1) is 0 Å². The fourth-order valence-corrected chi connectivity index (χ4v) is 1.69. The Hall–Kier alpha value is -1.56. The Morgan fingerprint density at radius 1 is 1.31 bits per heavy atom. The number of rotatable bonds is 2. The van der Waals surface area contributed by atoms with Crippen molar-refractivity contribution in [3.63, 3.8) is 0 Å². The van der Waals surface area contributed by atoms with Crippen molar-refractivity contribution in [3.8, 4) is 5.88 Å². The quantitative estimate of drug-likeness (QED) is 0.750. The summed E-state index contributed by atoms with van der Waals surface area (Å²) in [6.45, 7) is 3.92. The molecular formula is C10H17N5O. The van der Waals surface area contributed by atoms with Gasteiger partial charge in [0.1, 0.15) is 5.69 Å². The van der Waals surface area contributed by atoms with Crippen LogP contribution in [0.4, 0.5) is 11.6 Å². The number of anilines is 2. The van der Waals surface area contributed by atoms with Crippen LogP contribution in [0, 0.1) is 0 Å². The largest absolute Gasteiger partial charge is 0.479 e. The van der Waals surface area contributed by atoms with Crippen LogP contribution in [0.3, 0.4) is 0 Å². The average molecular weight is 223 g/mol. The van der Waals surface area contributed by atoms with Gasteiger partial charge in [-0.3, -0.25) is 0 Å². The van der Waals surface area contributed by atoms with Crippen molar-refractivity contribution in [3.05, 3.63) is 6.20 Å². The highest BCUT2D eigenvalue weighted by Gasteiger charge is 2.17. The smallest absolute Gasteiger partial charge is 0.241 e. The summed E-state index contributed by atoms with van der Waals surface area (Å²) in [5.74, 6) is 1.14. The van der Waals surface area contributed by atoms with E-state index in [9.17, 15) is 0 Å². The molecule has 1 saturated heterocycles. The third-order valence-electron chi connectivity index (χ3n) is 2.75. The molecule has 0 spiro atoms. The zero-order chi connectivity index (χ0) is 11.5. The summed E-state index contributed by atoms with van der Waals surface area (Å²) in [4.78, 5) is 12.9. The van der Waals surface area contributed by atoms with E-state index in [1.165, 1.54) is 0 Å². The molecule has 2 N–H and O–H groups in total. The molecular weight excluding hydrogens is 206 g/mol. The van der Waals surface area contributed by atoms with E-state index < -0.39 is 0 Å². The van der Waals surface area contributed by atoms with Crippen LogP contribution in [0.1, 0.15) is 0 Å². The topological polar surface area (TPSA) is 67.5 Å². The summed E-state index contributed by atoms with van der Waals surface area (Å²) in [6.07, 6.45) is 1.60. The zero-order valence-corrected chi connectivity index (χ0v) is 9.68. The van der Waals surface area contributed by atoms with E-state index in [4.69, 9.17) is 10.5 Å². The first-order valence-electron chi connectivity index (χ1n) is 5.30. The molecule has 2 heterocycles. The van der Waals surface area contributed by atoms with Crippen LogP contribution in [-0.2, 0) is 0 Å². The number of ether oxygens (including phenoxy) is 1. The lowest BCUT2D eigenvalue weighted by Gasteiger charge is -2.32. The molecule has 0 bridgehead atoms. The van der Waals surface area contributed by atoms with Gasteiger partial charge in [-0.25, -0.2) is 4.98 Å². The highest BCUT2D eigenvalue weighted by atomic mass is 16.5. The maximum atomic E-state index is 5.67. The highest BCUT2D eigenvalue weighted by Crippen LogP contribution is 2.20. The molecule has 1 aromatic heterocycles. The Morgan fingerprint density at radius 3 is 2.62 bits per heavy atom. The number of nitrogens with two attached hydrogens (primary N) is 1. The minimum Gasteiger partial charge on any atom is -0.479 e. The second-order valence-electron chi connectivity index (χ2n) is 3.92. The Bertz CT molecular complexity index is 362. The molecule has 0 unspecified atom stereocenters. The fraction of sp³-hybridized carbons (Fsp3) is 0.600. The van der Waals surface area contributed by atoms with Crippen LogP contribution in [0.5, 0.6) is 5.88 Å². The summed E-state index contributed by atoms with van der Waals surface area (Å²) in [7, 11) is 3.67. The predicted molar refractivity (Wildman–Crippen MR) is 62.7 cm³/mol. The molecule has 6 heteroatoms. The second kappa shape index (κ2) is 4.52. The Labute approximate surface area is 95.0 Å². The SMILES string of the molecule is COc1nc(N2CCN(C)CC2)ncc1N. The fourth-order valence-electron chi connectivity index (χ4n) is 1.69. The van der Waals surface area contributed by atoms with Crippen LogP contribution < -0.4 is 15.4 Å². The Balaban J connectivity index is 2.14. The van der Waals surface area contributed by atoms with Gasteiger partial charge in [-0.1, -0.05) is 0 Å². The van der Waals surface area contributed by atoms with Gasteiger partial charge in [-0.05, 0) is 7.05 Å². The summed E-state index contributed by atoms with van der Waals surface area (Å²) in [5.41, 5.74) is 6.15. The summed E-state index contributed by atoms with van der Waals surface area (Å²) < 4.78 is 5.08. The number of aromatic nitrogens is 2. The lowest BCUT2D eigenvalue weighted by molar-refractivity contribution is 0.310. The number of hydrogen-bond acceptors (Lipinski definition) is 6. The highest BCUT2D eigenvalue weighted by molar-refractivity contribution is 5.49. The first kappa shape index (κ1) is 10.9. The van der Waals surface area contributed by atoms with Gasteiger partial charge in [-0.2, -0.15) is 4.98 Å². The first-order chi connectivity index (χ1) is 7.70. The van der Waals surface area contributed by atoms with Crippen molar-refractivity contribution >= 4 is 11.6 Å². The van der Waals surface area contributed by atoms with Crippen LogP contribution >= 0.6 is 0 Å². The molecule has 0 saturated carbocycles. The molecule has 1 aromatic rings. The Morgan fingerprint density at radius 2 is 2.00 bits per heavy atom. The molecule has 0 amide bonds. The van der Waals surface area contributed by atoms with Gasteiger partial charge in [0, 0.05) is 26.2 Å². The van der Waals surface area contributed by atoms with Crippen molar-refractivity contribution in [1.29, 1.82) is 0 Å². The summed E-state index contributed by atoms with van der Waals surface area (Å²) in [6, 6.07) is 0. The zero-order valence-electron chi connectivity index (χ0n) is 9.68. The molecule has 0 aliphatic carbocycles. The van der Waals surface area contributed by atoms with Gasteiger partial charge in [0.15, 0.2) is 0 Å². The lowest BCUT2D eigenvalue weighted by atomic mass is 10.3. The van der Waals surface area contributed by atoms with E-state index in [0.717, 1.165) is 26.2 Å². The number of hydrogen-bond donors (Lipinski definition) is 1.